The summed E-state index contributed by atoms with van der Waals surface area (Å²) in [6.45, 7) is 4.18. The van der Waals surface area contributed by atoms with Crippen molar-refractivity contribution in [2.45, 2.75) is 26.5 Å². The van der Waals surface area contributed by atoms with E-state index in [1.807, 2.05) is 24.4 Å². The first-order valence-corrected chi connectivity index (χ1v) is 9.02. The van der Waals surface area contributed by atoms with Gasteiger partial charge in [-0.2, -0.15) is 4.98 Å². The predicted molar refractivity (Wildman–Crippen MR) is 95.2 cm³/mol. The van der Waals surface area contributed by atoms with E-state index in [1.54, 1.807) is 11.8 Å². The molecule has 8 heteroatoms. The van der Waals surface area contributed by atoms with Crippen LogP contribution in [0, 0.1) is 5.82 Å². The number of nitrogens with zero attached hydrogens (tertiary/aromatic N) is 3. The van der Waals surface area contributed by atoms with Gasteiger partial charge < -0.3 is 14.2 Å². The molecule has 0 aliphatic rings. The van der Waals surface area contributed by atoms with E-state index < -0.39 is 6.10 Å². The van der Waals surface area contributed by atoms with Crippen LogP contribution < -0.4 is 4.74 Å². The third kappa shape index (κ3) is 4.26. The highest BCUT2D eigenvalue weighted by atomic mass is 32.1. The first-order valence-electron chi connectivity index (χ1n) is 8.14. The summed E-state index contributed by atoms with van der Waals surface area (Å²) in [6.07, 6.45) is -0.722. The van der Waals surface area contributed by atoms with Gasteiger partial charge in [0.25, 0.3) is 5.91 Å². The van der Waals surface area contributed by atoms with Gasteiger partial charge in [-0.1, -0.05) is 11.2 Å². The minimum Gasteiger partial charge on any atom is -0.481 e. The Hall–Kier alpha value is -2.74. The number of ether oxygens (including phenoxy) is 1. The van der Waals surface area contributed by atoms with Gasteiger partial charge in [0.05, 0.1) is 4.88 Å². The lowest BCUT2D eigenvalue weighted by atomic mass is 10.3. The minimum atomic E-state index is -0.722. The molecule has 0 aliphatic heterocycles. The van der Waals surface area contributed by atoms with Crippen molar-refractivity contribution >= 4 is 17.2 Å². The standard InChI is InChI=1S/C18H18FN3O3S/c1-3-22(11-16-20-17(21-25-16)15-5-4-10-26-15)18(23)12(2)24-14-8-6-13(19)7-9-14/h4-10,12H,3,11H2,1-2H3. The molecule has 2 heterocycles. The molecule has 0 saturated carbocycles. The van der Waals surface area contributed by atoms with Crippen LogP contribution in [-0.2, 0) is 11.3 Å². The highest BCUT2D eigenvalue weighted by Gasteiger charge is 2.23. The Morgan fingerprint density at radius 3 is 2.77 bits per heavy atom. The molecule has 0 spiro atoms. The Morgan fingerprint density at radius 1 is 1.35 bits per heavy atom. The van der Waals surface area contributed by atoms with Crippen LogP contribution in [0.3, 0.4) is 0 Å². The van der Waals surface area contributed by atoms with Gasteiger partial charge in [-0.15, -0.1) is 11.3 Å². The number of amides is 1. The fourth-order valence-electron chi connectivity index (χ4n) is 2.36. The zero-order valence-electron chi connectivity index (χ0n) is 14.4. The number of aromatic nitrogens is 2. The summed E-state index contributed by atoms with van der Waals surface area (Å²) in [4.78, 5) is 19.4. The highest BCUT2D eigenvalue weighted by Crippen LogP contribution is 2.22. The molecular weight excluding hydrogens is 357 g/mol. The van der Waals surface area contributed by atoms with Gasteiger partial charge in [0.15, 0.2) is 6.10 Å². The monoisotopic (exact) mass is 375 g/mol. The SMILES string of the molecule is CCN(Cc1nc(-c2cccs2)no1)C(=O)C(C)Oc1ccc(F)cc1. The second-order valence-corrected chi connectivity index (χ2v) is 6.50. The Balaban J connectivity index is 1.64. The summed E-state index contributed by atoms with van der Waals surface area (Å²) in [5.41, 5.74) is 0. The summed E-state index contributed by atoms with van der Waals surface area (Å²) >= 11 is 1.52. The number of halogens is 1. The summed E-state index contributed by atoms with van der Waals surface area (Å²) < 4.78 is 23.8. The maximum absolute atomic E-state index is 13.0. The quantitative estimate of drug-likeness (QED) is 0.629. The smallest absolute Gasteiger partial charge is 0.263 e. The molecule has 2 aromatic heterocycles. The molecule has 26 heavy (non-hydrogen) atoms. The molecule has 1 amide bonds. The molecule has 1 aromatic carbocycles. The fourth-order valence-corrected chi connectivity index (χ4v) is 3.01. The van der Waals surface area contributed by atoms with Crippen molar-refractivity contribution in [1.29, 1.82) is 0 Å². The molecule has 1 atom stereocenters. The molecule has 0 N–H and O–H groups in total. The number of hydrogen-bond donors (Lipinski definition) is 0. The molecule has 136 valence electrons. The van der Waals surface area contributed by atoms with Crippen LogP contribution in [0.25, 0.3) is 10.7 Å². The van der Waals surface area contributed by atoms with Crippen LogP contribution >= 0.6 is 11.3 Å². The maximum Gasteiger partial charge on any atom is 0.263 e. The van der Waals surface area contributed by atoms with E-state index in [0.29, 0.717) is 24.0 Å². The second-order valence-electron chi connectivity index (χ2n) is 5.56. The zero-order chi connectivity index (χ0) is 18.5. The summed E-state index contributed by atoms with van der Waals surface area (Å²) in [7, 11) is 0. The molecule has 1 unspecified atom stereocenters. The normalized spacial score (nSPS) is 12.0. The van der Waals surface area contributed by atoms with Gasteiger partial charge in [-0.25, -0.2) is 4.39 Å². The third-order valence-electron chi connectivity index (χ3n) is 3.70. The lowest BCUT2D eigenvalue weighted by molar-refractivity contribution is -0.138. The average molecular weight is 375 g/mol. The topological polar surface area (TPSA) is 68.5 Å². The van der Waals surface area contributed by atoms with Crippen molar-refractivity contribution in [3.8, 4) is 16.5 Å². The van der Waals surface area contributed by atoms with Crippen LogP contribution in [0.15, 0.2) is 46.3 Å². The van der Waals surface area contributed by atoms with Crippen molar-refractivity contribution in [2.75, 3.05) is 6.54 Å². The predicted octanol–water partition coefficient (Wildman–Crippen LogP) is 3.75. The second kappa shape index (κ2) is 8.09. The van der Waals surface area contributed by atoms with E-state index >= 15 is 0 Å². The molecule has 0 radical (unpaired) electrons. The van der Waals surface area contributed by atoms with Crippen LogP contribution in [0.2, 0.25) is 0 Å². The molecule has 0 fully saturated rings. The van der Waals surface area contributed by atoms with Crippen molar-refractivity contribution in [3.63, 3.8) is 0 Å². The lowest BCUT2D eigenvalue weighted by Gasteiger charge is -2.23. The minimum absolute atomic E-state index is 0.199. The number of hydrogen-bond acceptors (Lipinski definition) is 6. The highest BCUT2D eigenvalue weighted by molar-refractivity contribution is 7.13. The molecule has 6 nitrogen and oxygen atoms in total. The number of carbonyl (C=O) groups excluding carboxylic acids is 1. The number of benzene rings is 1. The molecule has 3 rings (SSSR count). The number of carbonyl (C=O) groups is 1. The van der Waals surface area contributed by atoms with Crippen LogP contribution in [0.5, 0.6) is 5.75 Å². The van der Waals surface area contributed by atoms with Crippen LogP contribution in [-0.4, -0.2) is 33.6 Å². The van der Waals surface area contributed by atoms with Crippen molar-refractivity contribution in [2.24, 2.45) is 0 Å². The Labute approximate surface area is 154 Å². The molecular formula is C18H18FN3O3S. The van der Waals surface area contributed by atoms with Gasteiger partial charge in [0.2, 0.25) is 11.7 Å². The van der Waals surface area contributed by atoms with Gasteiger partial charge in [0, 0.05) is 6.54 Å². The van der Waals surface area contributed by atoms with Crippen LogP contribution in [0.1, 0.15) is 19.7 Å². The summed E-state index contributed by atoms with van der Waals surface area (Å²) in [5, 5.41) is 5.88. The fraction of sp³-hybridized carbons (Fsp3) is 0.278. The van der Waals surface area contributed by atoms with E-state index in [-0.39, 0.29) is 18.3 Å². The van der Waals surface area contributed by atoms with E-state index in [1.165, 1.54) is 35.6 Å². The van der Waals surface area contributed by atoms with Gasteiger partial charge >= 0.3 is 0 Å². The number of likely N-dealkylation sites (N-methyl/N-ethyl adjacent to an activating group) is 1. The largest absolute Gasteiger partial charge is 0.481 e. The number of rotatable bonds is 7. The van der Waals surface area contributed by atoms with Crippen molar-refractivity contribution < 1.29 is 18.4 Å². The Morgan fingerprint density at radius 2 is 2.12 bits per heavy atom. The zero-order valence-corrected chi connectivity index (χ0v) is 15.2. The van der Waals surface area contributed by atoms with E-state index in [0.717, 1.165) is 4.88 Å². The summed E-state index contributed by atoms with van der Waals surface area (Å²) in [5.74, 6) is 0.727. The Kier molecular flexibility index (Phi) is 5.62. The van der Waals surface area contributed by atoms with Crippen LogP contribution in [0.4, 0.5) is 4.39 Å². The van der Waals surface area contributed by atoms with Crippen molar-refractivity contribution in [1.82, 2.24) is 15.0 Å². The molecule has 0 aliphatic carbocycles. The third-order valence-corrected chi connectivity index (χ3v) is 4.57. The molecule has 3 aromatic rings. The first-order chi connectivity index (χ1) is 12.6. The molecule has 0 bridgehead atoms. The maximum atomic E-state index is 13.0. The van der Waals surface area contributed by atoms with Gasteiger partial charge in [-0.05, 0) is 49.6 Å². The molecule has 0 saturated heterocycles. The Bertz CT molecular complexity index is 849. The van der Waals surface area contributed by atoms with E-state index in [4.69, 9.17) is 9.26 Å². The lowest BCUT2D eigenvalue weighted by Crippen LogP contribution is -2.40. The van der Waals surface area contributed by atoms with Gasteiger partial charge in [0.1, 0.15) is 18.1 Å². The number of thiophene rings is 1. The van der Waals surface area contributed by atoms with E-state index in [9.17, 15) is 9.18 Å². The van der Waals surface area contributed by atoms with Crippen molar-refractivity contribution in [3.05, 3.63) is 53.5 Å². The average Bonchev–Trinajstić information content (AvgIpc) is 3.32. The first kappa shape index (κ1) is 18.1. The summed E-state index contributed by atoms with van der Waals surface area (Å²) in [6, 6.07) is 9.36. The van der Waals surface area contributed by atoms with Gasteiger partial charge in [-0.3, -0.25) is 4.79 Å². The van der Waals surface area contributed by atoms with E-state index in [2.05, 4.69) is 10.1 Å².